The number of carbonyl (C=O) groups excluding carboxylic acids is 2. The van der Waals surface area contributed by atoms with Crippen LogP contribution in [0, 0.1) is 5.82 Å². The number of nitrogens with zero attached hydrogens (tertiary/aromatic N) is 1. The highest BCUT2D eigenvalue weighted by molar-refractivity contribution is 9.10. The van der Waals surface area contributed by atoms with Gasteiger partial charge in [-0.15, -0.1) is 0 Å². The number of furan rings is 1. The molecule has 7 heteroatoms. The highest BCUT2D eigenvalue weighted by Gasteiger charge is 2.51. The summed E-state index contributed by atoms with van der Waals surface area (Å²) >= 11 is 3.27. The minimum Gasteiger partial charge on any atom is -0.458 e. The van der Waals surface area contributed by atoms with Crippen molar-refractivity contribution in [3.63, 3.8) is 0 Å². The van der Waals surface area contributed by atoms with E-state index in [0.29, 0.717) is 15.8 Å². The quantitative estimate of drug-likeness (QED) is 0.647. The number of halogens is 2. The molecule has 1 aliphatic rings. The predicted octanol–water partition coefficient (Wildman–Crippen LogP) is 4.30. The van der Waals surface area contributed by atoms with Gasteiger partial charge in [-0.25, -0.2) is 9.18 Å². The predicted molar refractivity (Wildman–Crippen MR) is 96.7 cm³/mol. The topological polar surface area (TPSA) is 62.6 Å². The van der Waals surface area contributed by atoms with Gasteiger partial charge in [-0.2, -0.15) is 0 Å². The fraction of sp³-hybridized carbons (Fsp3) is 0.158. The molecule has 2 heterocycles. The van der Waals surface area contributed by atoms with Crippen molar-refractivity contribution in [1.82, 2.24) is 10.2 Å². The number of para-hydroxylation sites is 1. The molecule has 0 radical (unpaired) electrons. The monoisotopic (exact) mass is 416 g/mol. The largest absolute Gasteiger partial charge is 0.458 e. The van der Waals surface area contributed by atoms with Crippen LogP contribution in [0.5, 0.6) is 0 Å². The van der Waals surface area contributed by atoms with Crippen molar-refractivity contribution in [3.05, 3.63) is 70.1 Å². The van der Waals surface area contributed by atoms with Crippen molar-refractivity contribution < 1.29 is 18.4 Å². The van der Waals surface area contributed by atoms with Gasteiger partial charge in [-0.1, -0.05) is 34.1 Å². The molecule has 1 aromatic heterocycles. The minimum absolute atomic E-state index is 0.161. The van der Waals surface area contributed by atoms with E-state index in [1.165, 1.54) is 6.07 Å². The molecular formula is C19H14BrFN2O3. The number of imide groups is 1. The Morgan fingerprint density at radius 2 is 1.96 bits per heavy atom. The van der Waals surface area contributed by atoms with Crippen LogP contribution in [0.15, 0.2) is 57.4 Å². The lowest BCUT2D eigenvalue weighted by molar-refractivity contribution is -0.132. The summed E-state index contributed by atoms with van der Waals surface area (Å²) in [5.74, 6) is -0.624. The maximum absolute atomic E-state index is 14.0. The molecule has 5 nitrogen and oxygen atoms in total. The maximum atomic E-state index is 14.0. The van der Waals surface area contributed by atoms with E-state index in [1.807, 2.05) is 18.2 Å². The Hall–Kier alpha value is -2.67. The summed E-state index contributed by atoms with van der Waals surface area (Å²) in [7, 11) is 0. The highest BCUT2D eigenvalue weighted by Crippen LogP contribution is 2.34. The van der Waals surface area contributed by atoms with Gasteiger partial charge in [0.05, 0.1) is 6.54 Å². The van der Waals surface area contributed by atoms with Gasteiger partial charge in [-0.3, -0.25) is 9.69 Å². The summed E-state index contributed by atoms with van der Waals surface area (Å²) in [6.45, 7) is 1.42. The van der Waals surface area contributed by atoms with Crippen molar-refractivity contribution in [2.75, 3.05) is 0 Å². The van der Waals surface area contributed by atoms with Gasteiger partial charge in [0.1, 0.15) is 17.2 Å². The summed E-state index contributed by atoms with van der Waals surface area (Å²) in [6, 6.07) is 12.9. The van der Waals surface area contributed by atoms with Crippen molar-refractivity contribution in [2.24, 2.45) is 0 Å². The molecule has 3 aromatic rings. The van der Waals surface area contributed by atoms with Crippen LogP contribution >= 0.6 is 15.9 Å². The number of benzene rings is 2. The Balaban J connectivity index is 1.69. The van der Waals surface area contributed by atoms with E-state index in [1.54, 1.807) is 31.2 Å². The number of hydrogen-bond donors (Lipinski definition) is 1. The van der Waals surface area contributed by atoms with Gasteiger partial charge in [-0.05, 0) is 37.3 Å². The van der Waals surface area contributed by atoms with Crippen molar-refractivity contribution in [1.29, 1.82) is 0 Å². The molecule has 0 aliphatic carbocycles. The van der Waals surface area contributed by atoms with E-state index < -0.39 is 23.3 Å². The molecule has 26 heavy (non-hydrogen) atoms. The van der Waals surface area contributed by atoms with E-state index in [0.717, 1.165) is 10.3 Å². The Labute approximate surface area is 156 Å². The third-order valence-corrected chi connectivity index (χ3v) is 5.02. The number of carbonyl (C=O) groups is 2. The zero-order chi connectivity index (χ0) is 18.5. The molecule has 1 N–H and O–H groups in total. The molecule has 132 valence electrons. The fourth-order valence-electron chi connectivity index (χ4n) is 3.07. The first-order valence-corrected chi connectivity index (χ1v) is 8.75. The molecule has 0 saturated carbocycles. The average Bonchev–Trinajstić information content (AvgIpc) is 3.14. The van der Waals surface area contributed by atoms with E-state index in [9.17, 15) is 14.0 Å². The summed E-state index contributed by atoms with van der Waals surface area (Å²) in [6.07, 6.45) is 0. The number of nitrogens with one attached hydrogen (secondary N) is 1. The van der Waals surface area contributed by atoms with E-state index >= 15 is 0 Å². The first kappa shape index (κ1) is 16.8. The number of fused-ring (bicyclic) bond motifs is 1. The highest BCUT2D eigenvalue weighted by atomic mass is 79.9. The van der Waals surface area contributed by atoms with Crippen LogP contribution in [0.2, 0.25) is 0 Å². The molecule has 4 rings (SSSR count). The maximum Gasteiger partial charge on any atom is 0.325 e. The zero-order valence-corrected chi connectivity index (χ0v) is 15.3. The van der Waals surface area contributed by atoms with Crippen LogP contribution in [-0.2, 0) is 16.9 Å². The molecule has 1 saturated heterocycles. The zero-order valence-electron chi connectivity index (χ0n) is 13.8. The molecular weight excluding hydrogens is 403 g/mol. The lowest BCUT2D eigenvalue weighted by Crippen LogP contribution is -2.40. The van der Waals surface area contributed by atoms with Crippen LogP contribution in [0.25, 0.3) is 11.0 Å². The molecule has 1 atom stereocenters. The Morgan fingerprint density at radius 1 is 1.19 bits per heavy atom. The van der Waals surface area contributed by atoms with Gasteiger partial charge >= 0.3 is 6.03 Å². The molecule has 2 aromatic carbocycles. The number of urea groups is 1. The van der Waals surface area contributed by atoms with Crippen LogP contribution < -0.4 is 5.32 Å². The Bertz CT molecular complexity index is 1020. The minimum atomic E-state index is -1.33. The number of rotatable bonds is 3. The fourth-order valence-corrected chi connectivity index (χ4v) is 3.48. The molecule has 3 amide bonds. The van der Waals surface area contributed by atoms with Crippen LogP contribution in [0.4, 0.5) is 9.18 Å². The first-order valence-electron chi connectivity index (χ1n) is 7.95. The Morgan fingerprint density at radius 3 is 2.73 bits per heavy atom. The standard InChI is InChI=1S/C19H14BrFN2O3/c1-19(16-9-11-4-2-3-5-15(11)26-16)17(24)23(18(25)22-19)10-12-8-13(20)6-7-14(12)21/h2-9H,10H2,1H3,(H,22,25). The molecule has 1 fully saturated rings. The van der Waals surface area contributed by atoms with Crippen molar-refractivity contribution >= 4 is 38.8 Å². The second-order valence-electron chi connectivity index (χ2n) is 6.33. The lowest BCUT2D eigenvalue weighted by atomic mass is 9.98. The molecule has 0 bridgehead atoms. The second-order valence-corrected chi connectivity index (χ2v) is 7.25. The average molecular weight is 417 g/mol. The second kappa shape index (κ2) is 5.95. The summed E-state index contributed by atoms with van der Waals surface area (Å²) in [4.78, 5) is 26.4. The third-order valence-electron chi connectivity index (χ3n) is 4.53. The van der Waals surface area contributed by atoms with E-state index in [2.05, 4.69) is 21.2 Å². The summed E-state index contributed by atoms with van der Waals surface area (Å²) in [5.41, 5.74) is -0.461. The van der Waals surface area contributed by atoms with Crippen LogP contribution in [0.1, 0.15) is 18.2 Å². The van der Waals surface area contributed by atoms with Crippen LogP contribution in [0.3, 0.4) is 0 Å². The van der Waals surface area contributed by atoms with Gasteiger partial charge in [0.25, 0.3) is 5.91 Å². The van der Waals surface area contributed by atoms with E-state index in [-0.39, 0.29) is 12.1 Å². The van der Waals surface area contributed by atoms with Gasteiger partial charge in [0, 0.05) is 15.4 Å². The molecule has 1 unspecified atom stereocenters. The smallest absolute Gasteiger partial charge is 0.325 e. The summed E-state index contributed by atoms with van der Waals surface area (Å²) < 4.78 is 20.5. The van der Waals surface area contributed by atoms with Gasteiger partial charge < -0.3 is 9.73 Å². The van der Waals surface area contributed by atoms with Crippen molar-refractivity contribution in [2.45, 2.75) is 19.0 Å². The SMILES string of the molecule is CC1(c2cc3ccccc3o2)NC(=O)N(Cc2cc(Br)ccc2F)C1=O. The lowest BCUT2D eigenvalue weighted by Gasteiger charge is -2.19. The number of hydrogen-bond acceptors (Lipinski definition) is 3. The van der Waals surface area contributed by atoms with E-state index in [4.69, 9.17) is 4.42 Å². The summed E-state index contributed by atoms with van der Waals surface area (Å²) in [5, 5.41) is 3.51. The Kier molecular flexibility index (Phi) is 3.84. The third kappa shape index (κ3) is 2.59. The molecule has 1 aliphatic heterocycles. The van der Waals surface area contributed by atoms with Crippen molar-refractivity contribution in [3.8, 4) is 0 Å². The number of amides is 3. The molecule has 0 spiro atoms. The van der Waals surface area contributed by atoms with Gasteiger partial charge in [0.2, 0.25) is 0 Å². The normalized spacial score (nSPS) is 20.0. The van der Waals surface area contributed by atoms with Gasteiger partial charge in [0.15, 0.2) is 5.54 Å². The van der Waals surface area contributed by atoms with Crippen LogP contribution in [-0.4, -0.2) is 16.8 Å². The first-order chi connectivity index (χ1) is 12.4.